The summed E-state index contributed by atoms with van der Waals surface area (Å²) >= 11 is 0. The van der Waals surface area contributed by atoms with Crippen LogP contribution in [0.4, 0.5) is 0 Å². The number of rotatable bonds is 10. The van der Waals surface area contributed by atoms with Crippen molar-refractivity contribution in [2.24, 2.45) is 0 Å². The van der Waals surface area contributed by atoms with Crippen molar-refractivity contribution in [3.8, 4) is 34.1 Å². The lowest BCUT2D eigenvalue weighted by molar-refractivity contribution is 0.183. The summed E-state index contributed by atoms with van der Waals surface area (Å²) in [5.41, 5.74) is 1.11. The highest BCUT2D eigenvalue weighted by Gasteiger charge is 2.22. The van der Waals surface area contributed by atoms with Gasteiger partial charge in [0.25, 0.3) is 0 Å². The molecule has 1 heterocycles. The number of benzene rings is 4. The summed E-state index contributed by atoms with van der Waals surface area (Å²) in [6.45, 7) is 9.37. The monoisotopic (exact) mass is 588 g/mol. The third-order valence-electron chi connectivity index (χ3n) is 7.26. The second kappa shape index (κ2) is 12.7. The third kappa shape index (κ3) is 7.43. The first kappa shape index (κ1) is 29.9. The number of nitrogens with zero attached hydrogens (tertiary/aromatic N) is 1. The molecule has 0 radical (unpaired) electrons. The van der Waals surface area contributed by atoms with Gasteiger partial charge in [-0.05, 0) is 118 Å². The van der Waals surface area contributed by atoms with Crippen LogP contribution >= 0.6 is 0 Å². The molecule has 42 heavy (non-hydrogen) atoms. The predicted octanol–water partition coefficient (Wildman–Crippen LogP) is 7.25. The molecule has 7 nitrogen and oxygen atoms in total. The quantitative estimate of drug-likeness (QED) is 0.210. The number of hydrogen-bond acceptors (Lipinski definition) is 6. The van der Waals surface area contributed by atoms with E-state index in [2.05, 4.69) is 9.62 Å². The van der Waals surface area contributed by atoms with E-state index in [-0.39, 0.29) is 4.90 Å². The largest absolute Gasteiger partial charge is 0.497 e. The minimum atomic E-state index is -3.65. The average Bonchev–Trinajstić information content (AvgIpc) is 2.97. The van der Waals surface area contributed by atoms with Crippen molar-refractivity contribution in [3.05, 3.63) is 78.9 Å². The maximum atomic E-state index is 12.9. The second-order valence-electron chi connectivity index (χ2n) is 11.7. The van der Waals surface area contributed by atoms with E-state index >= 15 is 0 Å². The number of sulfonamides is 1. The number of piperidine rings is 1. The molecule has 0 aliphatic carbocycles. The Hall–Kier alpha value is -3.59. The topological polar surface area (TPSA) is 77.1 Å². The van der Waals surface area contributed by atoms with Crippen LogP contribution < -0.4 is 18.9 Å². The Morgan fingerprint density at radius 2 is 1.48 bits per heavy atom. The number of likely N-dealkylation sites (tertiary alicyclic amines) is 1. The van der Waals surface area contributed by atoms with Crippen LogP contribution in [-0.4, -0.2) is 52.2 Å². The van der Waals surface area contributed by atoms with Gasteiger partial charge in [-0.25, -0.2) is 13.1 Å². The molecule has 1 aliphatic rings. The van der Waals surface area contributed by atoms with Gasteiger partial charge in [0, 0.05) is 23.0 Å². The summed E-state index contributed by atoms with van der Waals surface area (Å²) in [6.07, 6.45) is 3.87. The molecule has 0 spiro atoms. The van der Waals surface area contributed by atoms with Crippen LogP contribution in [0.5, 0.6) is 23.0 Å². The fourth-order valence-corrected chi connectivity index (χ4v) is 6.64. The van der Waals surface area contributed by atoms with Gasteiger partial charge in [0.15, 0.2) is 0 Å². The highest BCUT2D eigenvalue weighted by atomic mass is 32.2. The highest BCUT2D eigenvalue weighted by Crippen LogP contribution is 2.41. The summed E-state index contributed by atoms with van der Waals surface area (Å²) in [5, 5.41) is 1.89. The minimum Gasteiger partial charge on any atom is -0.497 e. The molecule has 0 atom stereocenters. The zero-order valence-electron chi connectivity index (χ0n) is 24.9. The van der Waals surface area contributed by atoms with E-state index in [9.17, 15) is 8.42 Å². The van der Waals surface area contributed by atoms with Crippen molar-refractivity contribution in [3.63, 3.8) is 0 Å². The van der Waals surface area contributed by atoms with Crippen LogP contribution in [-0.2, 0) is 10.0 Å². The van der Waals surface area contributed by atoms with Crippen molar-refractivity contribution in [1.29, 1.82) is 0 Å². The SMILES string of the molecule is COc1ccc2c(Oc3ccc(OCCN4CCCCC4)cc3)c(-c3ccc(S(=O)(=O)NC(C)(C)C)cc3)ccc2c1. The smallest absolute Gasteiger partial charge is 0.241 e. The van der Waals surface area contributed by atoms with Crippen LogP contribution in [0.1, 0.15) is 40.0 Å². The van der Waals surface area contributed by atoms with Crippen molar-refractivity contribution in [2.75, 3.05) is 33.4 Å². The Bertz CT molecular complexity index is 1610. The molecular weight excluding hydrogens is 548 g/mol. The van der Waals surface area contributed by atoms with E-state index in [1.165, 1.54) is 19.3 Å². The van der Waals surface area contributed by atoms with Gasteiger partial charge >= 0.3 is 0 Å². The van der Waals surface area contributed by atoms with Gasteiger partial charge in [-0.15, -0.1) is 0 Å². The standard InChI is InChI=1S/C34H40N2O5S/c1-34(2,3)35-42(37,38)30-16-8-25(9-17-30)31-18-10-26-24-29(39-4)15-19-32(26)33(31)41-28-13-11-27(12-14-28)40-23-22-36-20-6-5-7-21-36/h8-19,24,35H,5-7,20-23H2,1-4H3. The van der Waals surface area contributed by atoms with E-state index in [1.54, 1.807) is 19.2 Å². The molecule has 1 N–H and O–H groups in total. The summed E-state index contributed by atoms with van der Waals surface area (Å²) in [4.78, 5) is 2.67. The van der Waals surface area contributed by atoms with Gasteiger partial charge in [0.05, 0.1) is 12.0 Å². The summed E-state index contributed by atoms with van der Waals surface area (Å²) < 4.78 is 46.4. The molecule has 1 aliphatic heterocycles. The Morgan fingerprint density at radius 1 is 0.810 bits per heavy atom. The van der Waals surface area contributed by atoms with Gasteiger partial charge in [-0.1, -0.05) is 24.6 Å². The summed E-state index contributed by atoms with van der Waals surface area (Å²) in [7, 11) is -2.00. The average molecular weight is 589 g/mol. The van der Waals surface area contributed by atoms with Gasteiger partial charge in [-0.2, -0.15) is 0 Å². The second-order valence-corrected chi connectivity index (χ2v) is 13.4. The van der Waals surface area contributed by atoms with Crippen molar-refractivity contribution in [1.82, 2.24) is 9.62 Å². The van der Waals surface area contributed by atoms with Crippen molar-refractivity contribution < 1.29 is 22.6 Å². The number of fused-ring (bicyclic) bond motifs is 1. The Morgan fingerprint density at radius 3 is 2.14 bits per heavy atom. The minimum absolute atomic E-state index is 0.213. The van der Waals surface area contributed by atoms with Gasteiger partial charge in [0.2, 0.25) is 10.0 Å². The van der Waals surface area contributed by atoms with Crippen LogP contribution in [0.15, 0.2) is 83.8 Å². The lowest BCUT2D eigenvalue weighted by Crippen LogP contribution is -2.40. The molecule has 4 aromatic carbocycles. The predicted molar refractivity (Wildman–Crippen MR) is 168 cm³/mol. The fourth-order valence-electron chi connectivity index (χ4n) is 5.22. The number of hydrogen-bond donors (Lipinski definition) is 1. The van der Waals surface area contributed by atoms with Crippen molar-refractivity contribution >= 4 is 20.8 Å². The normalized spacial score (nSPS) is 14.6. The maximum Gasteiger partial charge on any atom is 0.241 e. The zero-order chi connectivity index (χ0) is 29.7. The molecule has 5 rings (SSSR count). The molecule has 1 fully saturated rings. The first-order chi connectivity index (χ1) is 20.1. The zero-order valence-corrected chi connectivity index (χ0v) is 25.7. The molecule has 0 bridgehead atoms. The molecule has 1 saturated heterocycles. The van der Waals surface area contributed by atoms with Crippen LogP contribution in [0.25, 0.3) is 21.9 Å². The van der Waals surface area contributed by atoms with E-state index < -0.39 is 15.6 Å². The van der Waals surface area contributed by atoms with Gasteiger partial charge in [-0.3, -0.25) is 4.90 Å². The first-order valence-corrected chi connectivity index (χ1v) is 16.0. The molecule has 0 aromatic heterocycles. The van der Waals surface area contributed by atoms with E-state index in [1.807, 2.05) is 87.5 Å². The fraction of sp³-hybridized carbons (Fsp3) is 0.353. The molecule has 222 valence electrons. The Balaban J connectivity index is 1.40. The Kier molecular flexibility index (Phi) is 9.06. The number of methoxy groups -OCH3 is 1. The highest BCUT2D eigenvalue weighted by molar-refractivity contribution is 7.89. The molecule has 8 heteroatoms. The van der Waals surface area contributed by atoms with Crippen LogP contribution in [0.3, 0.4) is 0 Å². The number of nitrogens with one attached hydrogen (secondary N) is 1. The third-order valence-corrected chi connectivity index (χ3v) is 9.04. The summed E-state index contributed by atoms with van der Waals surface area (Å²) in [5.74, 6) is 2.92. The first-order valence-electron chi connectivity index (χ1n) is 14.5. The van der Waals surface area contributed by atoms with Gasteiger partial charge in [0.1, 0.15) is 29.6 Å². The van der Waals surface area contributed by atoms with Crippen molar-refractivity contribution in [2.45, 2.75) is 50.5 Å². The Labute approximate surface area is 249 Å². The van der Waals surface area contributed by atoms with Crippen LogP contribution in [0, 0.1) is 0 Å². The van der Waals surface area contributed by atoms with E-state index in [0.29, 0.717) is 18.1 Å². The molecule has 4 aromatic rings. The summed E-state index contributed by atoms with van der Waals surface area (Å²) in [6, 6.07) is 24.4. The molecule has 0 amide bonds. The molecular formula is C34H40N2O5S. The lowest BCUT2D eigenvalue weighted by Gasteiger charge is -2.26. The van der Waals surface area contributed by atoms with E-state index in [4.69, 9.17) is 14.2 Å². The number of ether oxygens (including phenoxy) is 3. The van der Waals surface area contributed by atoms with Crippen LogP contribution in [0.2, 0.25) is 0 Å². The lowest BCUT2D eigenvalue weighted by atomic mass is 9.99. The van der Waals surface area contributed by atoms with Gasteiger partial charge < -0.3 is 14.2 Å². The maximum absolute atomic E-state index is 12.9. The molecule has 0 unspecified atom stereocenters. The van der Waals surface area contributed by atoms with E-state index in [0.717, 1.165) is 53.0 Å². The molecule has 0 saturated carbocycles.